The molecule has 0 amide bonds. The zero-order valence-corrected chi connectivity index (χ0v) is 13.0. The minimum absolute atomic E-state index is 0.0459. The standard InChI is InChI=1S/C18H15FN2O3/c1-12(23-16(22)11-13-7-9-15(19)10-8-13)17-20-21-18(24-17)14-5-3-2-4-6-14/h2-10,12H,11H2,1H3/t12-/m1/s1. The van der Waals surface area contributed by atoms with E-state index in [4.69, 9.17) is 9.15 Å². The Morgan fingerprint density at radius 3 is 2.54 bits per heavy atom. The van der Waals surface area contributed by atoms with Gasteiger partial charge >= 0.3 is 5.97 Å². The Bertz CT molecular complexity index is 816. The molecule has 0 saturated heterocycles. The highest BCUT2D eigenvalue weighted by atomic mass is 19.1. The molecule has 0 aliphatic carbocycles. The Kier molecular flexibility index (Phi) is 4.65. The fourth-order valence-corrected chi connectivity index (χ4v) is 2.15. The van der Waals surface area contributed by atoms with E-state index >= 15 is 0 Å². The lowest BCUT2D eigenvalue weighted by Crippen LogP contribution is -2.11. The summed E-state index contributed by atoms with van der Waals surface area (Å²) >= 11 is 0. The number of aromatic nitrogens is 2. The molecule has 0 fully saturated rings. The smallest absolute Gasteiger partial charge is 0.311 e. The number of carbonyl (C=O) groups excluding carboxylic acids is 1. The number of esters is 1. The molecule has 0 N–H and O–H groups in total. The molecule has 0 aliphatic rings. The molecule has 0 unspecified atom stereocenters. The van der Waals surface area contributed by atoms with Crippen LogP contribution in [0.5, 0.6) is 0 Å². The molecular weight excluding hydrogens is 311 g/mol. The van der Waals surface area contributed by atoms with Gasteiger partial charge in [0.2, 0.25) is 5.89 Å². The predicted molar refractivity (Wildman–Crippen MR) is 84.3 cm³/mol. The van der Waals surface area contributed by atoms with Crippen LogP contribution in [-0.2, 0) is 16.0 Å². The molecule has 1 aromatic heterocycles. The summed E-state index contributed by atoms with van der Waals surface area (Å²) in [4.78, 5) is 12.0. The third-order valence-corrected chi connectivity index (χ3v) is 3.38. The van der Waals surface area contributed by atoms with Gasteiger partial charge in [0.15, 0.2) is 6.10 Å². The first-order valence-electron chi connectivity index (χ1n) is 7.44. The van der Waals surface area contributed by atoms with Crippen molar-refractivity contribution < 1.29 is 18.3 Å². The third kappa shape index (κ3) is 3.84. The average Bonchev–Trinajstić information content (AvgIpc) is 3.08. The summed E-state index contributed by atoms with van der Waals surface area (Å²) in [5.41, 5.74) is 1.46. The van der Waals surface area contributed by atoms with Gasteiger partial charge in [-0.2, -0.15) is 0 Å². The van der Waals surface area contributed by atoms with Crippen LogP contribution in [0.1, 0.15) is 24.5 Å². The van der Waals surface area contributed by atoms with Crippen LogP contribution in [0.3, 0.4) is 0 Å². The largest absolute Gasteiger partial charge is 0.452 e. The van der Waals surface area contributed by atoms with Gasteiger partial charge in [-0.05, 0) is 36.8 Å². The molecule has 0 bridgehead atoms. The third-order valence-electron chi connectivity index (χ3n) is 3.38. The van der Waals surface area contributed by atoms with Crippen LogP contribution >= 0.6 is 0 Å². The molecule has 5 nitrogen and oxygen atoms in total. The van der Waals surface area contributed by atoms with Gasteiger partial charge in [-0.3, -0.25) is 4.79 Å². The molecule has 24 heavy (non-hydrogen) atoms. The Morgan fingerprint density at radius 1 is 1.12 bits per heavy atom. The highest BCUT2D eigenvalue weighted by Crippen LogP contribution is 2.22. The molecule has 1 heterocycles. The zero-order valence-electron chi connectivity index (χ0n) is 13.0. The van der Waals surface area contributed by atoms with Crippen LogP contribution in [-0.4, -0.2) is 16.2 Å². The average molecular weight is 326 g/mol. The maximum Gasteiger partial charge on any atom is 0.311 e. The Hall–Kier alpha value is -3.02. The Labute approximate surface area is 138 Å². The molecule has 0 saturated carbocycles. The van der Waals surface area contributed by atoms with Gasteiger partial charge in [0, 0.05) is 5.56 Å². The van der Waals surface area contributed by atoms with Crippen LogP contribution in [0, 0.1) is 5.82 Å². The lowest BCUT2D eigenvalue weighted by atomic mass is 10.1. The van der Waals surface area contributed by atoms with Gasteiger partial charge in [0.1, 0.15) is 5.82 Å². The van der Waals surface area contributed by atoms with Crippen LogP contribution in [0.2, 0.25) is 0 Å². The fourth-order valence-electron chi connectivity index (χ4n) is 2.15. The second-order valence-corrected chi connectivity index (χ2v) is 5.25. The number of hydrogen-bond donors (Lipinski definition) is 0. The number of hydrogen-bond acceptors (Lipinski definition) is 5. The summed E-state index contributed by atoms with van der Waals surface area (Å²) in [6, 6.07) is 15.0. The zero-order chi connectivity index (χ0) is 16.9. The van der Waals surface area contributed by atoms with E-state index in [0.29, 0.717) is 11.5 Å². The van der Waals surface area contributed by atoms with E-state index in [0.717, 1.165) is 5.56 Å². The van der Waals surface area contributed by atoms with Gasteiger partial charge in [-0.1, -0.05) is 30.3 Å². The SMILES string of the molecule is C[C@@H](OC(=O)Cc1ccc(F)cc1)c1nnc(-c2ccccc2)o1. The number of rotatable bonds is 5. The molecular formula is C18H15FN2O3. The van der Waals surface area contributed by atoms with Crippen LogP contribution in [0.4, 0.5) is 4.39 Å². The molecule has 2 aromatic carbocycles. The van der Waals surface area contributed by atoms with Crippen molar-refractivity contribution in [2.24, 2.45) is 0 Å². The van der Waals surface area contributed by atoms with E-state index in [9.17, 15) is 9.18 Å². The molecule has 0 radical (unpaired) electrons. The van der Waals surface area contributed by atoms with Gasteiger partial charge in [0.25, 0.3) is 5.89 Å². The number of carbonyl (C=O) groups is 1. The summed E-state index contributed by atoms with van der Waals surface area (Å²) in [5, 5.41) is 7.88. The highest BCUT2D eigenvalue weighted by Gasteiger charge is 2.19. The van der Waals surface area contributed by atoms with E-state index in [2.05, 4.69) is 10.2 Å². The summed E-state index contributed by atoms with van der Waals surface area (Å²) in [5.74, 6) is -0.207. The first-order valence-corrected chi connectivity index (χ1v) is 7.44. The van der Waals surface area contributed by atoms with Gasteiger partial charge in [-0.25, -0.2) is 4.39 Å². The summed E-state index contributed by atoms with van der Waals surface area (Å²) < 4.78 is 23.7. The van der Waals surface area contributed by atoms with E-state index in [1.165, 1.54) is 12.1 Å². The first kappa shape index (κ1) is 15.9. The van der Waals surface area contributed by atoms with E-state index in [-0.39, 0.29) is 18.1 Å². The van der Waals surface area contributed by atoms with E-state index in [1.54, 1.807) is 19.1 Å². The number of halogens is 1. The lowest BCUT2D eigenvalue weighted by molar-refractivity contribution is -0.148. The predicted octanol–water partition coefficient (Wildman–Crippen LogP) is 3.72. The fraction of sp³-hybridized carbons (Fsp3) is 0.167. The van der Waals surface area contributed by atoms with Gasteiger partial charge in [-0.15, -0.1) is 10.2 Å². The Balaban J connectivity index is 1.62. The van der Waals surface area contributed by atoms with Gasteiger partial charge < -0.3 is 9.15 Å². The van der Waals surface area contributed by atoms with Crippen molar-refractivity contribution in [1.82, 2.24) is 10.2 Å². The minimum Gasteiger partial charge on any atom is -0.452 e. The number of nitrogens with zero attached hydrogens (tertiary/aromatic N) is 2. The summed E-state index contributed by atoms with van der Waals surface area (Å²) in [6.45, 7) is 1.66. The van der Waals surface area contributed by atoms with Crippen LogP contribution < -0.4 is 0 Å². The second kappa shape index (κ2) is 7.04. The first-order chi connectivity index (χ1) is 11.6. The topological polar surface area (TPSA) is 65.2 Å². The monoisotopic (exact) mass is 326 g/mol. The van der Waals surface area contributed by atoms with Crippen LogP contribution in [0.25, 0.3) is 11.5 Å². The van der Waals surface area contributed by atoms with Gasteiger partial charge in [0.05, 0.1) is 6.42 Å². The maximum atomic E-state index is 12.9. The van der Waals surface area contributed by atoms with Crippen molar-refractivity contribution >= 4 is 5.97 Å². The lowest BCUT2D eigenvalue weighted by Gasteiger charge is -2.09. The summed E-state index contributed by atoms with van der Waals surface area (Å²) in [6.07, 6.45) is -0.618. The molecule has 6 heteroatoms. The minimum atomic E-state index is -0.664. The molecule has 3 aromatic rings. The normalized spacial score (nSPS) is 11.9. The molecule has 0 aliphatic heterocycles. The maximum absolute atomic E-state index is 12.9. The quantitative estimate of drug-likeness (QED) is 0.669. The van der Waals surface area contributed by atoms with Crippen molar-refractivity contribution in [3.63, 3.8) is 0 Å². The highest BCUT2D eigenvalue weighted by molar-refractivity contribution is 5.72. The molecule has 122 valence electrons. The van der Waals surface area contributed by atoms with Crippen molar-refractivity contribution in [2.75, 3.05) is 0 Å². The van der Waals surface area contributed by atoms with Crippen LogP contribution in [0.15, 0.2) is 59.0 Å². The van der Waals surface area contributed by atoms with Crippen molar-refractivity contribution in [1.29, 1.82) is 0 Å². The number of ether oxygens (including phenoxy) is 1. The van der Waals surface area contributed by atoms with E-state index < -0.39 is 12.1 Å². The Morgan fingerprint density at radius 2 is 1.83 bits per heavy atom. The molecule has 0 spiro atoms. The van der Waals surface area contributed by atoms with E-state index in [1.807, 2.05) is 30.3 Å². The van der Waals surface area contributed by atoms with Crippen molar-refractivity contribution in [3.8, 4) is 11.5 Å². The molecule has 1 atom stereocenters. The van der Waals surface area contributed by atoms with Crippen molar-refractivity contribution in [2.45, 2.75) is 19.4 Å². The van der Waals surface area contributed by atoms with Crippen molar-refractivity contribution in [3.05, 3.63) is 71.9 Å². The second-order valence-electron chi connectivity index (χ2n) is 5.25. The molecule has 3 rings (SSSR count). The summed E-state index contributed by atoms with van der Waals surface area (Å²) in [7, 11) is 0. The number of benzene rings is 2.